The quantitative estimate of drug-likeness (QED) is 0.309. The van der Waals surface area contributed by atoms with Crippen molar-refractivity contribution in [3.05, 3.63) is 105 Å². The molecule has 0 spiro atoms. The molecule has 44 heavy (non-hydrogen) atoms. The van der Waals surface area contributed by atoms with Gasteiger partial charge in [-0.1, -0.05) is 36.4 Å². The van der Waals surface area contributed by atoms with Crippen molar-refractivity contribution >= 4 is 23.1 Å². The number of benzene rings is 3. The van der Waals surface area contributed by atoms with Gasteiger partial charge in [-0.3, -0.25) is 14.5 Å². The smallest absolute Gasteiger partial charge is 0.293 e. The number of carbonyl (C=O) groups excluding carboxylic acids is 1. The minimum absolute atomic E-state index is 0.0618. The lowest BCUT2D eigenvalue weighted by molar-refractivity contribution is 0.0342. The molecule has 0 unspecified atom stereocenters. The fourth-order valence-electron chi connectivity index (χ4n) is 6.31. The summed E-state index contributed by atoms with van der Waals surface area (Å²) >= 11 is 0. The highest BCUT2D eigenvalue weighted by atomic mass is 16.5. The van der Waals surface area contributed by atoms with Gasteiger partial charge in [0.05, 0.1) is 31.2 Å². The summed E-state index contributed by atoms with van der Waals surface area (Å²) in [6.07, 6.45) is 4.88. The molecule has 1 aromatic heterocycles. The number of aryl methyl sites for hydroxylation is 1. The first-order valence-corrected chi connectivity index (χ1v) is 15.4. The number of aliphatic hydroxyl groups excluding tert-OH is 1. The van der Waals surface area contributed by atoms with Crippen LogP contribution < -0.4 is 15.8 Å². The zero-order chi connectivity index (χ0) is 30.2. The Hall–Kier alpha value is -4.31. The van der Waals surface area contributed by atoms with E-state index in [1.165, 1.54) is 28.5 Å². The summed E-state index contributed by atoms with van der Waals surface area (Å²) < 4.78 is 6.94. The number of carbonyl (C=O) groups is 1. The summed E-state index contributed by atoms with van der Waals surface area (Å²) in [6, 6.07) is 19.9. The van der Waals surface area contributed by atoms with Crippen molar-refractivity contribution in [2.24, 2.45) is 7.05 Å². The minimum atomic E-state index is -0.277. The molecular formula is C35H37N5O4. The van der Waals surface area contributed by atoms with E-state index in [2.05, 4.69) is 34.5 Å². The van der Waals surface area contributed by atoms with Crippen LogP contribution >= 0.6 is 0 Å². The highest BCUT2D eigenvalue weighted by Gasteiger charge is 2.30. The molecule has 9 heteroatoms. The van der Waals surface area contributed by atoms with E-state index in [9.17, 15) is 14.7 Å². The molecule has 1 aliphatic carbocycles. The largest absolute Gasteiger partial charge is 0.392 e. The van der Waals surface area contributed by atoms with Crippen molar-refractivity contribution in [2.45, 2.75) is 38.3 Å². The van der Waals surface area contributed by atoms with Gasteiger partial charge in [0.2, 0.25) is 0 Å². The Morgan fingerprint density at radius 1 is 0.977 bits per heavy atom. The summed E-state index contributed by atoms with van der Waals surface area (Å²) in [6.45, 7) is 4.47. The Labute approximate surface area is 256 Å². The fraction of sp³-hybridized carbons (Fsp3) is 0.343. The lowest BCUT2D eigenvalue weighted by Gasteiger charge is -2.31. The molecular weight excluding hydrogens is 554 g/mol. The summed E-state index contributed by atoms with van der Waals surface area (Å²) in [5, 5.41) is 13.8. The summed E-state index contributed by atoms with van der Waals surface area (Å²) in [5.41, 5.74) is 7.30. The molecule has 0 radical (unpaired) electrons. The first-order chi connectivity index (χ1) is 21.5. The Morgan fingerprint density at radius 2 is 1.77 bits per heavy atom. The molecule has 2 aliphatic heterocycles. The number of morpholine rings is 1. The predicted octanol–water partition coefficient (Wildman–Crippen LogP) is 4.60. The van der Waals surface area contributed by atoms with Gasteiger partial charge in [-0.05, 0) is 66.1 Å². The van der Waals surface area contributed by atoms with E-state index in [0.717, 1.165) is 56.1 Å². The zero-order valence-corrected chi connectivity index (χ0v) is 25.0. The van der Waals surface area contributed by atoms with Gasteiger partial charge >= 0.3 is 0 Å². The monoisotopic (exact) mass is 591 g/mol. The van der Waals surface area contributed by atoms with Crippen molar-refractivity contribution in [1.82, 2.24) is 14.5 Å². The van der Waals surface area contributed by atoms with Gasteiger partial charge in [-0.15, -0.1) is 0 Å². The molecule has 4 aromatic rings. The lowest BCUT2D eigenvalue weighted by Crippen LogP contribution is -2.38. The second-order valence-electron chi connectivity index (χ2n) is 12.0. The number of hydrogen-bond donors (Lipinski definition) is 2. The first kappa shape index (κ1) is 28.5. The molecule has 226 valence electrons. The number of aliphatic hydroxyl groups is 1. The number of nitrogens with zero attached hydrogens (tertiary/aromatic N) is 4. The average molecular weight is 592 g/mol. The summed E-state index contributed by atoms with van der Waals surface area (Å²) in [7, 11) is 1.69. The third-order valence-electron chi connectivity index (χ3n) is 8.93. The fourth-order valence-corrected chi connectivity index (χ4v) is 6.31. The summed E-state index contributed by atoms with van der Waals surface area (Å²) in [5.74, 6) is 0.766. The number of nitrogens with one attached hydrogen (secondary N) is 1. The maximum Gasteiger partial charge on any atom is 0.293 e. The molecule has 3 aliphatic rings. The van der Waals surface area contributed by atoms with Crippen LogP contribution in [-0.2, 0) is 31.4 Å². The molecule has 2 N–H and O–H groups in total. The Kier molecular flexibility index (Phi) is 7.76. The van der Waals surface area contributed by atoms with E-state index in [4.69, 9.17) is 9.72 Å². The molecule has 3 heterocycles. The van der Waals surface area contributed by atoms with Gasteiger partial charge < -0.3 is 24.6 Å². The van der Waals surface area contributed by atoms with E-state index < -0.39 is 0 Å². The zero-order valence-electron chi connectivity index (χ0n) is 25.0. The van der Waals surface area contributed by atoms with Gasteiger partial charge in [0.15, 0.2) is 5.82 Å². The van der Waals surface area contributed by atoms with Gasteiger partial charge in [0, 0.05) is 61.8 Å². The predicted molar refractivity (Wildman–Crippen MR) is 170 cm³/mol. The van der Waals surface area contributed by atoms with E-state index in [1.54, 1.807) is 18.1 Å². The number of rotatable bonds is 8. The molecule has 1 saturated heterocycles. The maximum absolute atomic E-state index is 13.7. The van der Waals surface area contributed by atoms with Gasteiger partial charge in [-0.25, -0.2) is 4.98 Å². The van der Waals surface area contributed by atoms with Crippen LogP contribution in [0, 0.1) is 0 Å². The lowest BCUT2D eigenvalue weighted by atomic mass is 9.93. The molecule has 7 rings (SSSR count). The number of hydrogen-bond acceptors (Lipinski definition) is 7. The van der Waals surface area contributed by atoms with Crippen molar-refractivity contribution in [1.29, 1.82) is 0 Å². The van der Waals surface area contributed by atoms with Gasteiger partial charge in [0.25, 0.3) is 11.5 Å². The topological polar surface area (TPSA) is 99.9 Å². The third-order valence-corrected chi connectivity index (χ3v) is 8.93. The maximum atomic E-state index is 13.7. The van der Waals surface area contributed by atoms with Crippen molar-refractivity contribution in [3.8, 4) is 11.3 Å². The molecule has 9 nitrogen and oxygen atoms in total. The Morgan fingerprint density at radius 3 is 2.52 bits per heavy atom. The Bertz CT molecular complexity index is 1760. The standard InChI is InChI=1S/C35H37N5O4/c1-38-21-31(37-33(35(38)43)36-27-10-5-23(6-11-27)20-39-15-17-44-18-16-39)29-3-2-4-32(30(29)22-41)40-14-13-26-19-25(24-7-8-24)9-12-28(26)34(40)42/h2-6,9-12,19,21,24,41H,7-8,13-18,20,22H2,1H3,(H,36,37). The van der Waals surface area contributed by atoms with Crippen LogP contribution in [0.25, 0.3) is 11.3 Å². The number of aromatic nitrogens is 2. The van der Waals surface area contributed by atoms with E-state index >= 15 is 0 Å². The van der Waals surface area contributed by atoms with Gasteiger partial charge in [0.1, 0.15) is 0 Å². The second-order valence-corrected chi connectivity index (χ2v) is 12.0. The van der Waals surface area contributed by atoms with Crippen LogP contribution in [0.2, 0.25) is 0 Å². The van der Waals surface area contributed by atoms with Gasteiger partial charge in [-0.2, -0.15) is 0 Å². The summed E-state index contributed by atoms with van der Waals surface area (Å²) in [4.78, 5) is 35.6. The molecule has 0 atom stereocenters. The van der Waals surface area contributed by atoms with Crippen molar-refractivity contribution < 1.29 is 14.6 Å². The van der Waals surface area contributed by atoms with Crippen LogP contribution in [0.1, 0.15) is 51.4 Å². The molecule has 1 amide bonds. The molecule has 3 aromatic carbocycles. The highest BCUT2D eigenvalue weighted by molar-refractivity contribution is 6.09. The molecule has 2 fully saturated rings. The SMILES string of the molecule is Cn1cc(-c2cccc(N3CCc4cc(C5CC5)ccc4C3=O)c2CO)nc(Nc2ccc(CN3CCOCC3)cc2)c1=O. The Balaban J connectivity index is 1.15. The van der Waals surface area contributed by atoms with Crippen LogP contribution in [0.4, 0.5) is 17.2 Å². The number of ether oxygens (including phenoxy) is 1. The van der Waals surface area contributed by atoms with E-state index in [0.29, 0.717) is 35.0 Å². The van der Waals surface area contributed by atoms with E-state index in [1.807, 2.05) is 36.4 Å². The average Bonchev–Trinajstić information content (AvgIpc) is 3.90. The minimum Gasteiger partial charge on any atom is -0.392 e. The highest BCUT2D eigenvalue weighted by Crippen LogP contribution is 2.41. The van der Waals surface area contributed by atoms with Crippen LogP contribution in [-0.4, -0.2) is 58.3 Å². The molecule has 0 bridgehead atoms. The number of amides is 1. The first-order valence-electron chi connectivity index (χ1n) is 15.4. The number of fused-ring (bicyclic) bond motifs is 1. The molecule has 1 saturated carbocycles. The normalized spacial score (nSPS) is 17.0. The third kappa shape index (κ3) is 5.66. The van der Waals surface area contributed by atoms with Crippen LogP contribution in [0.5, 0.6) is 0 Å². The second kappa shape index (κ2) is 12.0. The van der Waals surface area contributed by atoms with E-state index in [-0.39, 0.29) is 23.9 Å². The van der Waals surface area contributed by atoms with Crippen molar-refractivity contribution in [2.75, 3.05) is 43.1 Å². The van der Waals surface area contributed by atoms with Crippen LogP contribution in [0.15, 0.2) is 71.7 Å². The number of anilines is 3. The van der Waals surface area contributed by atoms with Crippen LogP contribution in [0.3, 0.4) is 0 Å². The van der Waals surface area contributed by atoms with Crippen molar-refractivity contribution in [3.63, 3.8) is 0 Å².